The molecule has 3 heteroatoms. The van der Waals surface area contributed by atoms with Crippen LogP contribution in [0.2, 0.25) is 0 Å². The van der Waals surface area contributed by atoms with Crippen LogP contribution in [-0.2, 0) is 0 Å². The SMILES string of the molecule is CCN(CC)CCOc1ccc(C#CCCl)cc1. The van der Waals surface area contributed by atoms with E-state index < -0.39 is 0 Å². The maximum atomic E-state index is 5.68. The third kappa shape index (κ3) is 5.44. The normalized spacial score (nSPS) is 10.0. The van der Waals surface area contributed by atoms with Crippen molar-refractivity contribution in [1.82, 2.24) is 4.90 Å². The lowest BCUT2D eigenvalue weighted by atomic mass is 10.2. The molecular weight excluding hydrogens is 246 g/mol. The minimum atomic E-state index is 0.363. The zero-order chi connectivity index (χ0) is 13.2. The molecule has 0 amide bonds. The molecule has 1 rings (SSSR count). The number of halogens is 1. The second-order valence-electron chi connectivity index (χ2n) is 3.84. The van der Waals surface area contributed by atoms with E-state index in [-0.39, 0.29) is 0 Å². The van der Waals surface area contributed by atoms with Crippen LogP contribution >= 0.6 is 11.6 Å². The molecule has 0 radical (unpaired) electrons. The quantitative estimate of drug-likeness (QED) is 0.579. The summed E-state index contributed by atoms with van der Waals surface area (Å²) in [4.78, 5) is 2.33. The van der Waals surface area contributed by atoms with Crippen molar-refractivity contribution in [2.24, 2.45) is 0 Å². The molecule has 0 saturated heterocycles. The smallest absolute Gasteiger partial charge is 0.119 e. The maximum Gasteiger partial charge on any atom is 0.119 e. The zero-order valence-corrected chi connectivity index (χ0v) is 11.8. The molecular formula is C15H20ClNO. The second-order valence-corrected chi connectivity index (χ2v) is 4.10. The monoisotopic (exact) mass is 265 g/mol. The van der Waals surface area contributed by atoms with Crippen LogP contribution in [0, 0.1) is 11.8 Å². The van der Waals surface area contributed by atoms with E-state index >= 15 is 0 Å². The lowest BCUT2D eigenvalue weighted by molar-refractivity contribution is 0.223. The Balaban J connectivity index is 2.39. The molecule has 0 aliphatic carbocycles. The van der Waals surface area contributed by atoms with Gasteiger partial charge in [0, 0.05) is 12.1 Å². The highest BCUT2D eigenvalue weighted by Gasteiger charge is 1.99. The molecule has 0 spiro atoms. The van der Waals surface area contributed by atoms with Gasteiger partial charge in [-0.25, -0.2) is 0 Å². The van der Waals surface area contributed by atoms with Crippen molar-refractivity contribution < 1.29 is 4.74 Å². The van der Waals surface area contributed by atoms with E-state index in [9.17, 15) is 0 Å². The lowest BCUT2D eigenvalue weighted by Crippen LogP contribution is -2.27. The summed E-state index contributed by atoms with van der Waals surface area (Å²) < 4.78 is 5.68. The number of likely N-dealkylation sites (N-methyl/N-ethyl adjacent to an activating group) is 1. The molecule has 1 aromatic rings. The number of nitrogens with zero attached hydrogens (tertiary/aromatic N) is 1. The number of ether oxygens (including phenoxy) is 1. The Kier molecular flexibility index (Phi) is 7.32. The van der Waals surface area contributed by atoms with E-state index in [1.807, 2.05) is 24.3 Å². The summed E-state index contributed by atoms with van der Waals surface area (Å²) in [6.45, 7) is 8.12. The molecule has 1 aromatic carbocycles. The van der Waals surface area contributed by atoms with Crippen LogP contribution in [0.4, 0.5) is 0 Å². The Morgan fingerprint density at radius 1 is 1.17 bits per heavy atom. The fraction of sp³-hybridized carbons (Fsp3) is 0.467. The van der Waals surface area contributed by atoms with Gasteiger partial charge >= 0.3 is 0 Å². The number of rotatable bonds is 6. The average molecular weight is 266 g/mol. The van der Waals surface area contributed by atoms with Gasteiger partial charge in [0.15, 0.2) is 0 Å². The summed E-state index contributed by atoms with van der Waals surface area (Å²) in [6, 6.07) is 7.79. The van der Waals surface area contributed by atoms with E-state index in [1.54, 1.807) is 0 Å². The van der Waals surface area contributed by atoms with E-state index in [2.05, 4.69) is 30.6 Å². The summed E-state index contributed by atoms with van der Waals surface area (Å²) in [6.07, 6.45) is 0. The fourth-order valence-electron chi connectivity index (χ4n) is 1.60. The molecule has 0 aliphatic rings. The number of hydrogen-bond acceptors (Lipinski definition) is 2. The topological polar surface area (TPSA) is 12.5 Å². The van der Waals surface area contributed by atoms with Gasteiger partial charge in [0.05, 0.1) is 5.88 Å². The highest BCUT2D eigenvalue weighted by molar-refractivity contribution is 6.19. The predicted octanol–water partition coefficient (Wildman–Crippen LogP) is 3.00. The first-order valence-electron chi connectivity index (χ1n) is 6.30. The van der Waals surface area contributed by atoms with Gasteiger partial charge < -0.3 is 9.64 Å². The Labute approximate surface area is 115 Å². The Hall–Kier alpha value is -1.17. The summed E-state index contributed by atoms with van der Waals surface area (Å²) in [5.74, 6) is 7.04. The largest absolute Gasteiger partial charge is 0.492 e. The molecule has 0 N–H and O–H groups in total. The average Bonchev–Trinajstić information content (AvgIpc) is 2.42. The summed E-state index contributed by atoms with van der Waals surface area (Å²) in [5.41, 5.74) is 0.965. The molecule has 0 atom stereocenters. The van der Waals surface area contributed by atoms with Gasteiger partial charge in [-0.1, -0.05) is 25.7 Å². The summed E-state index contributed by atoms with van der Waals surface area (Å²) in [7, 11) is 0. The molecule has 98 valence electrons. The van der Waals surface area contributed by atoms with E-state index in [0.29, 0.717) is 12.5 Å². The van der Waals surface area contributed by atoms with Crippen molar-refractivity contribution in [3.63, 3.8) is 0 Å². The van der Waals surface area contributed by atoms with Gasteiger partial charge in [-0.05, 0) is 37.4 Å². The van der Waals surface area contributed by atoms with Crippen LogP contribution < -0.4 is 4.74 Å². The van der Waals surface area contributed by atoms with Crippen LogP contribution in [0.25, 0.3) is 0 Å². The Bertz CT molecular complexity index is 387. The van der Waals surface area contributed by atoms with Gasteiger partial charge in [0.25, 0.3) is 0 Å². The lowest BCUT2D eigenvalue weighted by Gasteiger charge is -2.17. The molecule has 2 nitrogen and oxygen atoms in total. The fourth-order valence-corrected chi connectivity index (χ4v) is 1.67. The molecule has 0 unspecified atom stereocenters. The highest BCUT2D eigenvalue weighted by Crippen LogP contribution is 2.11. The standard InChI is InChI=1S/C15H20ClNO/c1-3-17(4-2)12-13-18-15-9-7-14(8-10-15)6-5-11-16/h7-10H,3-4,11-13H2,1-2H3. The number of benzene rings is 1. The zero-order valence-electron chi connectivity index (χ0n) is 11.1. The summed E-state index contributed by atoms with van der Waals surface area (Å²) >= 11 is 5.51. The minimum absolute atomic E-state index is 0.363. The second kappa shape index (κ2) is 8.85. The number of hydrogen-bond donors (Lipinski definition) is 0. The van der Waals surface area contributed by atoms with Gasteiger partial charge in [-0.2, -0.15) is 0 Å². The van der Waals surface area contributed by atoms with Gasteiger partial charge in [0.1, 0.15) is 12.4 Å². The predicted molar refractivity (Wildman–Crippen MR) is 77.3 cm³/mol. The van der Waals surface area contributed by atoms with Crippen molar-refractivity contribution >= 4 is 11.6 Å². The number of alkyl halides is 1. The highest BCUT2D eigenvalue weighted by atomic mass is 35.5. The van der Waals surface area contributed by atoms with E-state index in [0.717, 1.165) is 30.9 Å². The molecule has 0 aromatic heterocycles. The Morgan fingerprint density at radius 2 is 1.83 bits per heavy atom. The first-order chi connectivity index (χ1) is 8.80. The van der Waals surface area contributed by atoms with Gasteiger partial charge in [-0.15, -0.1) is 11.6 Å². The van der Waals surface area contributed by atoms with Crippen molar-refractivity contribution in [3.8, 4) is 17.6 Å². The maximum absolute atomic E-state index is 5.68. The summed E-state index contributed by atoms with van der Waals surface area (Å²) in [5, 5.41) is 0. The van der Waals surface area contributed by atoms with Gasteiger partial charge in [-0.3, -0.25) is 0 Å². The molecule has 0 heterocycles. The van der Waals surface area contributed by atoms with Crippen LogP contribution in [0.1, 0.15) is 19.4 Å². The van der Waals surface area contributed by atoms with Crippen LogP contribution in [0.5, 0.6) is 5.75 Å². The molecule has 0 bridgehead atoms. The van der Waals surface area contributed by atoms with Crippen molar-refractivity contribution in [2.75, 3.05) is 32.1 Å². The minimum Gasteiger partial charge on any atom is -0.492 e. The first-order valence-corrected chi connectivity index (χ1v) is 6.83. The van der Waals surface area contributed by atoms with E-state index in [1.165, 1.54) is 0 Å². The molecule has 0 saturated carbocycles. The van der Waals surface area contributed by atoms with Crippen LogP contribution in [-0.4, -0.2) is 37.0 Å². The van der Waals surface area contributed by atoms with Crippen molar-refractivity contribution in [1.29, 1.82) is 0 Å². The first kappa shape index (κ1) is 14.9. The van der Waals surface area contributed by atoms with E-state index in [4.69, 9.17) is 16.3 Å². The molecule has 18 heavy (non-hydrogen) atoms. The van der Waals surface area contributed by atoms with Gasteiger partial charge in [0.2, 0.25) is 0 Å². The van der Waals surface area contributed by atoms with Crippen molar-refractivity contribution in [3.05, 3.63) is 29.8 Å². The third-order valence-electron chi connectivity index (χ3n) is 2.72. The molecule has 0 aliphatic heterocycles. The van der Waals surface area contributed by atoms with Crippen LogP contribution in [0.15, 0.2) is 24.3 Å². The van der Waals surface area contributed by atoms with Crippen LogP contribution in [0.3, 0.4) is 0 Å². The molecule has 0 fully saturated rings. The third-order valence-corrected chi connectivity index (χ3v) is 2.86. The Morgan fingerprint density at radius 3 is 2.39 bits per heavy atom. The van der Waals surface area contributed by atoms with Crippen molar-refractivity contribution in [2.45, 2.75) is 13.8 Å².